The van der Waals surface area contributed by atoms with E-state index in [4.69, 9.17) is 10.5 Å². The van der Waals surface area contributed by atoms with Crippen molar-refractivity contribution in [2.24, 2.45) is 5.73 Å². The molecule has 1 amide bonds. The summed E-state index contributed by atoms with van der Waals surface area (Å²) in [6.07, 6.45) is 1.09. The molecular weight excluding hydrogens is 322 g/mol. The first kappa shape index (κ1) is 19.9. The zero-order valence-electron chi connectivity index (χ0n) is 11.8. The van der Waals surface area contributed by atoms with Gasteiger partial charge < -0.3 is 15.8 Å². The van der Waals surface area contributed by atoms with Crippen molar-refractivity contribution >= 4 is 30.1 Å². The van der Waals surface area contributed by atoms with Crippen LogP contribution in [0.4, 0.5) is 8.78 Å². The van der Waals surface area contributed by atoms with Crippen molar-refractivity contribution in [1.29, 1.82) is 0 Å². The summed E-state index contributed by atoms with van der Waals surface area (Å²) in [7, 11) is 0. The van der Waals surface area contributed by atoms with Crippen LogP contribution in [0.5, 0.6) is 5.75 Å². The number of hydrogen-bond donors (Lipinski definition) is 2. The highest BCUT2D eigenvalue weighted by molar-refractivity contribution is 7.98. The lowest BCUT2D eigenvalue weighted by atomic mass is 10.3. The molecule has 0 aliphatic heterocycles. The standard InChI is InChI=1S/C13H18F2N2O2S.ClH/c1-9(12(18)17-8-13(14,15)7-16)19-10-3-5-11(20-2)6-4-10;/h3-6,9H,7-8,16H2,1-2H3,(H,17,18);1H. The Morgan fingerprint density at radius 1 is 1.43 bits per heavy atom. The van der Waals surface area contributed by atoms with Crippen molar-refractivity contribution in [2.75, 3.05) is 19.3 Å². The van der Waals surface area contributed by atoms with Crippen molar-refractivity contribution < 1.29 is 18.3 Å². The summed E-state index contributed by atoms with van der Waals surface area (Å²) in [5.41, 5.74) is 4.88. The summed E-state index contributed by atoms with van der Waals surface area (Å²) in [4.78, 5) is 12.7. The fourth-order valence-electron chi connectivity index (χ4n) is 1.34. The van der Waals surface area contributed by atoms with Gasteiger partial charge in [-0.05, 0) is 37.4 Å². The number of carbonyl (C=O) groups is 1. The third-order valence-corrected chi connectivity index (χ3v) is 3.30. The van der Waals surface area contributed by atoms with Crippen LogP contribution in [-0.4, -0.2) is 37.3 Å². The predicted molar refractivity (Wildman–Crippen MR) is 82.6 cm³/mol. The van der Waals surface area contributed by atoms with Gasteiger partial charge in [-0.1, -0.05) is 0 Å². The maximum Gasteiger partial charge on any atom is 0.277 e. The van der Waals surface area contributed by atoms with Crippen LogP contribution in [0.2, 0.25) is 0 Å². The van der Waals surface area contributed by atoms with E-state index in [1.165, 1.54) is 6.92 Å². The minimum atomic E-state index is -3.10. The lowest BCUT2D eigenvalue weighted by Gasteiger charge is -2.18. The lowest BCUT2D eigenvalue weighted by molar-refractivity contribution is -0.129. The van der Waals surface area contributed by atoms with Gasteiger partial charge in [0.15, 0.2) is 6.10 Å². The SMILES string of the molecule is CSc1ccc(OC(C)C(=O)NCC(F)(F)CN)cc1.Cl. The van der Waals surface area contributed by atoms with Crippen molar-refractivity contribution in [3.63, 3.8) is 0 Å². The van der Waals surface area contributed by atoms with Crippen LogP contribution in [0.25, 0.3) is 0 Å². The second-order valence-corrected chi connectivity index (χ2v) is 5.09. The van der Waals surface area contributed by atoms with Gasteiger partial charge in [0.1, 0.15) is 5.75 Å². The number of thioether (sulfide) groups is 1. The van der Waals surface area contributed by atoms with Crippen LogP contribution in [0.15, 0.2) is 29.2 Å². The molecule has 0 aromatic heterocycles. The van der Waals surface area contributed by atoms with Gasteiger partial charge in [0.25, 0.3) is 11.8 Å². The van der Waals surface area contributed by atoms with Crippen molar-refractivity contribution in [2.45, 2.75) is 23.8 Å². The first-order valence-electron chi connectivity index (χ1n) is 6.04. The summed E-state index contributed by atoms with van der Waals surface area (Å²) in [6.45, 7) is -0.0987. The van der Waals surface area contributed by atoms with E-state index in [9.17, 15) is 13.6 Å². The monoisotopic (exact) mass is 340 g/mol. The Labute approximate surface area is 133 Å². The number of hydrogen-bond acceptors (Lipinski definition) is 4. The second-order valence-electron chi connectivity index (χ2n) is 4.21. The van der Waals surface area contributed by atoms with E-state index in [-0.39, 0.29) is 12.4 Å². The minimum Gasteiger partial charge on any atom is -0.481 e. The van der Waals surface area contributed by atoms with Crippen LogP contribution >= 0.6 is 24.2 Å². The maximum atomic E-state index is 12.9. The smallest absolute Gasteiger partial charge is 0.277 e. The number of amides is 1. The highest BCUT2D eigenvalue weighted by Gasteiger charge is 2.28. The van der Waals surface area contributed by atoms with E-state index in [0.717, 1.165) is 4.90 Å². The van der Waals surface area contributed by atoms with Crippen molar-refractivity contribution in [1.82, 2.24) is 5.32 Å². The number of carbonyl (C=O) groups excluding carboxylic acids is 1. The fraction of sp³-hybridized carbons (Fsp3) is 0.462. The van der Waals surface area contributed by atoms with Gasteiger partial charge in [0, 0.05) is 4.90 Å². The van der Waals surface area contributed by atoms with E-state index >= 15 is 0 Å². The largest absolute Gasteiger partial charge is 0.481 e. The number of ether oxygens (including phenoxy) is 1. The molecule has 0 radical (unpaired) electrons. The lowest BCUT2D eigenvalue weighted by Crippen LogP contribution is -2.45. The van der Waals surface area contributed by atoms with E-state index in [1.807, 2.05) is 18.4 Å². The highest BCUT2D eigenvalue weighted by atomic mass is 35.5. The van der Waals surface area contributed by atoms with Gasteiger partial charge in [0.05, 0.1) is 13.1 Å². The number of rotatable bonds is 7. The van der Waals surface area contributed by atoms with Gasteiger partial charge in [-0.15, -0.1) is 24.2 Å². The molecule has 1 aromatic rings. The minimum absolute atomic E-state index is 0. The molecule has 3 N–H and O–H groups in total. The molecule has 0 spiro atoms. The number of benzene rings is 1. The van der Waals surface area contributed by atoms with Gasteiger partial charge in [-0.25, -0.2) is 8.78 Å². The Balaban J connectivity index is 0.00000400. The zero-order chi connectivity index (χ0) is 15.2. The summed E-state index contributed by atoms with van der Waals surface area (Å²) >= 11 is 1.59. The summed E-state index contributed by atoms with van der Waals surface area (Å²) in [5, 5.41) is 2.12. The molecule has 21 heavy (non-hydrogen) atoms. The van der Waals surface area contributed by atoms with Crippen LogP contribution in [0.3, 0.4) is 0 Å². The number of alkyl halides is 2. The average molecular weight is 341 g/mol. The van der Waals surface area contributed by atoms with Crippen LogP contribution in [0, 0.1) is 0 Å². The molecule has 8 heteroatoms. The molecule has 1 aromatic carbocycles. The van der Waals surface area contributed by atoms with E-state index in [2.05, 4.69) is 5.32 Å². The maximum absolute atomic E-state index is 12.9. The first-order valence-corrected chi connectivity index (χ1v) is 7.27. The Bertz CT molecular complexity index is 446. The Hall–Kier alpha value is -1.05. The average Bonchev–Trinajstić information content (AvgIpc) is 2.45. The van der Waals surface area contributed by atoms with Crippen molar-refractivity contribution in [3.8, 4) is 5.75 Å². The normalized spacial score (nSPS) is 12.2. The third kappa shape index (κ3) is 6.97. The van der Waals surface area contributed by atoms with Gasteiger partial charge in [0.2, 0.25) is 0 Å². The van der Waals surface area contributed by atoms with Gasteiger partial charge in [-0.3, -0.25) is 4.79 Å². The Morgan fingerprint density at radius 2 is 2.00 bits per heavy atom. The molecule has 0 bridgehead atoms. The fourth-order valence-corrected chi connectivity index (χ4v) is 1.75. The quantitative estimate of drug-likeness (QED) is 0.748. The van der Waals surface area contributed by atoms with E-state index < -0.39 is 31.0 Å². The molecule has 0 saturated carbocycles. The predicted octanol–water partition coefficient (Wildman–Crippen LogP) is 2.31. The Kier molecular flexibility index (Phi) is 8.61. The van der Waals surface area contributed by atoms with Crippen LogP contribution < -0.4 is 15.8 Å². The molecule has 0 saturated heterocycles. The number of nitrogens with two attached hydrogens (primary N) is 1. The van der Waals surface area contributed by atoms with Gasteiger partial charge >= 0.3 is 0 Å². The molecule has 1 rings (SSSR count). The second kappa shape index (κ2) is 9.07. The van der Waals surface area contributed by atoms with Crippen molar-refractivity contribution in [3.05, 3.63) is 24.3 Å². The topological polar surface area (TPSA) is 64.3 Å². The number of nitrogens with one attached hydrogen (secondary N) is 1. The highest BCUT2D eigenvalue weighted by Crippen LogP contribution is 2.19. The van der Waals surface area contributed by atoms with Crippen LogP contribution in [-0.2, 0) is 4.79 Å². The number of halogens is 3. The molecular formula is C13H19ClF2N2O2S. The van der Waals surface area contributed by atoms with E-state index in [0.29, 0.717) is 5.75 Å². The van der Waals surface area contributed by atoms with Gasteiger partial charge in [-0.2, -0.15) is 0 Å². The van der Waals surface area contributed by atoms with Crippen LogP contribution in [0.1, 0.15) is 6.92 Å². The molecule has 1 unspecified atom stereocenters. The molecule has 0 fully saturated rings. The molecule has 0 aliphatic rings. The summed E-state index contributed by atoms with van der Waals surface area (Å²) in [6, 6.07) is 7.16. The zero-order valence-corrected chi connectivity index (χ0v) is 13.4. The summed E-state index contributed by atoms with van der Waals surface area (Å²) < 4.78 is 31.2. The summed E-state index contributed by atoms with van der Waals surface area (Å²) in [5.74, 6) is -3.20. The Morgan fingerprint density at radius 3 is 2.48 bits per heavy atom. The molecule has 0 heterocycles. The molecule has 120 valence electrons. The molecule has 4 nitrogen and oxygen atoms in total. The molecule has 1 atom stereocenters. The third-order valence-electron chi connectivity index (χ3n) is 2.56. The first-order chi connectivity index (χ1) is 9.38. The van der Waals surface area contributed by atoms with E-state index in [1.54, 1.807) is 23.9 Å². The molecule has 0 aliphatic carbocycles.